The molecule has 6 heteroatoms. The summed E-state index contributed by atoms with van der Waals surface area (Å²) >= 11 is 0. The van der Waals surface area contributed by atoms with Crippen molar-refractivity contribution in [3.8, 4) is 0 Å². The van der Waals surface area contributed by atoms with Gasteiger partial charge in [0.1, 0.15) is 13.2 Å². The van der Waals surface area contributed by atoms with Gasteiger partial charge in [-0.05, 0) is 37.0 Å². The highest BCUT2D eigenvalue weighted by Crippen LogP contribution is 2.19. The van der Waals surface area contributed by atoms with Crippen LogP contribution in [-0.4, -0.2) is 37.2 Å². The summed E-state index contributed by atoms with van der Waals surface area (Å²) in [6, 6.07) is 0. The van der Waals surface area contributed by atoms with E-state index in [9.17, 15) is 14.4 Å². The second-order valence-corrected chi connectivity index (χ2v) is 20.7. The van der Waals surface area contributed by atoms with Crippen molar-refractivity contribution in [2.24, 2.45) is 17.8 Å². The van der Waals surface area contributed by atoms with Crippen LogP contribution >= 0.6 is 0 Å². The first kappa shape index (κ1) is 62.4. The number of esters is 3. The molecule has 0 aromatic rings. The molecule has 0 fully saturated rings. The number of carbonyl (C=O) groups excluding carboxylic acids is 3. The Balaban J connectivity index is 4.19. The lowest BCUT2D eigenvalue weighted by Crippen LogP contribution is -2.30. The van der Waals surface area contributed by atoms with Crippen molar-refractivity contribution in [1.82, 2.24) is 0 Å². The van der Waals surface area contributed by atoms with Crippen molar-refractivity contribution >= 4 is 17.9 Å². The van der Waals surface area contributed by atoms with Gasteiger partial charge in [0.15, 0.2) is 6.10 Å². The molecule has 0 aliphatic heterocycles. The van der Waals surface area contributed by atoms with Crippen molar-refractivity contribution in [2.45, 2.75) is 324 Å². The van der Waals surface area contributed by atoms with E-state index < -0.39 is 6.10 Å². The third-order valence-corrected chi connectivity index (χ3v) is 14.2. The second-order valence-electron chi connectivity index (χ2n) is 20.7. The van der Waals surface area contributed by atoms with Crippen LogP contribution in [0, 0.1) is 17.8 Å². The monoisotopic (exact) mass is 905 g/mol. The average molecular weight is 906 g/mol. The van der Waals surface area contributed by atoms with Crippen LogP contribution in [0.25, 0.3) is 0 Å². The Morgan fingerprint density at radius 2 is 0.500 bits per heavy atom. The van der Waals surface area contributed by atoms with E-state index in [1.165, 1.54) is 199 Å². The molecule has 0 aliphatic rings. The summed E-state index contributed by atoms with van der Waals surface area (Å²) in [5.74, 6) is 1.74. The van der Waals surface area contributed by atoms with E-state index in [1.807, 2.05) is 0 Å². The average Bonchev–Trinajstić information content (AvgIpc) is 3.29. The van der Waals surface area contributed by atoms with Gasteiger partial charge >= 0.3 is 17.9 Å². The van der Waals surface area contributed by atoms with Crippen LogP contribution in [0.1, 0.15) is 318 Å². The molecule has 0 aliphatic carbocycles. The molecule has 3 unspecified atom stereocenters. The topological polar surface area (TPSA) is 78.9 Å². The maximum absolute atomic E-state index is 12.8. The van der Waals surface area contributed by atoms with Gasteiger partial charge in [-0.1, -0.05) is 279 Å². The van der Waals surface area contributed by atoms with Crippen molar-refractivity contribution in [2.75, 3.05) is 13.2 Å². The molecule has 0 aromatic heterocycles. The van der Waals surface area contributed by atoms with Crippen LogP contribution in [0.2, 0.25) is 0 Å². The predicted octanol–water partition coefficient (Wildman–Crippen LogP) is 18.7. The minimum Gasteiger partial charge on any atom is -0.462 e. The molecule has 0 bridgehead atoms. The van der Waals surface area contributed by atoms with Crippen LogP contribution in [0.3, 0.4) is 0 Å². The molecule has 0 heterocycles. The van der Waals surface area contributed by atoms with E-state index in [2.05, 4.69) is 41.5 Å². The SMILES string of the molecule is CCC(C)CCCCCCCCCCCCCCCCCCCCC(=O)OC[C@H](COC(=O)CCCCCCCCCCCCC(C)CC)OC(=O)CCCCCCCCC(C)CC. The van der Waals surface area contributed by atoms with Gasteiger partial charge in [0.05, 0.1) is 0 Å². The van der Waals surface area contributed by atoms with Crippen LogP contribution in [0.15, 0.2) is 0 Å². The van der Waals surface area contributed by atoms with Gasteiger partial charge in [0.2, 0.25) is 0 Å². The third-order valence-electron chi connectivity index (χ3n) is 14.2. The van der Waals surface area contributed by atoms with E-state index >= 15 is 0 Å². The summed E-state index contributed by atoms with van der Waals surface area (Å²) in [4.78, 5) is 38.0. The van der Waals surface area contributed by atoms with Crippen molar-refractivity contribution in [3.05, 3.63) is 0 Å². The highest BCUT2D eigenvalue weighted by atomic mass is 16.6. The van der Waals surface area contributed by atoms with E-state index in [-0.39, 0.29) is 31.1 Å². The number of hydrogen-bond acceptors (Lipinski definition) is 6. The maximum atomic E-state index is 12.8. The molecular formula is C58H112O6. The largest absolute Gasteiger partial charge is 0.462 e. The van der Waals surface area contributed by atoms with Gasteiger partial charge in [0.25, 0.3) is 0 Å². The zero-order valence-electron chi connectivity index (χ0n) is 44.1. The quantitative estimate of drug-likeness (QED) is 0.0344. The molecule has 0 radical (unpaired) electrons. The van der Waals surface area contributed by atoms with E-state index in [0.717, 1.165) is 75.5 Å². The molecule has 0 aromatic carbocycles. The van der Waals surface area contributed by atoms with Gasteiger partial charge in [-0.15, -0.1) is 0 Å². The standard InChI is InChI=1S/C58H112O6/c1-7-52(4)44-38-32-26-22-18-16-14-12-10-11-13-15-17-19-24-28-35-41-47-56(59)62-50-55(64-58(61)49-43-37-31-30-34-40-46-54(6)9-3)51-63-57(60)48-42-36-29-25-21-20-23-27-33-39-45-53(5)8-2/h52-55H,7-51H2,1-6H3/t52?,53?,54?,55-/m1/s1. The summed E-state index contributed by atoms with van der Waals surface area (Å²) < 4.78 is 16.8. The van der Waals surface area contributed by atoms with Gasteiger partial charge in [-0.25, -0.2) is 0 Å². The maximum Gasteiger partial charge on any atom is 0.306 e. The van der Waals surface area contributed by atoms with Crippen molar-refractivity contribution in [3.63, 3.8) is 0 Å². The smallest absolute Gasteiger partial charge is 0.306 e. The lowest BCUT2D eigenvalue weighted by molar-refractivity contribution is -0.167. The molecule has 380 valence electrons. The molecule has 0 rings (SSSR count). The molecule has 0 amide bonds. The van der Waals surface area contributed by atoms with Crippen molar-refractivity contribution in [1.29, 1.82) is 0 Å². The summed E-state index contributed by atoms with van der Waals surface area (Å²) in [5, 5.41) is 0. The number of ether oxygens (including phenoxy) is 3. The molecule has 0 saturated heterocycles. The minimum atomic E-state index is -0.764. The Bertz CT molecular complexity index is 997. The summed E-state index contributed by atoms with van der Waals surface area (Å²) in [5.41, 5.74) is 0. The molecule has 0 saturated carbocycles. The predicted molar refractivity (Wildman–Crippen MR) is 275 cm³/mol. The lowest BCUT2D eigenvalue weighted by atomic mass is 9.99. The van der Waals surface area contributed by atoms with Crippen molar-refractivity contribution < 1.29 is 28.6 Å². The van der Waals surface area contributed by atoms with Crippen LogP contribution in [-0.2, 0) is 28.6 Å². The number of hydrogen-bond donors (Lipinski definition) is 0. The molecule has 0 N–H and O–H groups in total. The Kier molecular flexibility index (Phi) is 48.1. The van der Waals surface area contributed by atoms with Gasteiger partial charge in [0, 0.05) is 19.3 Å². The van der Waals surface area contributed by atoms with Gasteiger partial charge in [-0.3, -0.25) is 14.4 Å². The zero-order chi connectivity index (χ0) is 47.0. The van der Waals surface area contributed by atoms with Crippen LogP contribution < -0.4 is 0 Å². The summed E-state index contributed by atoms with van der Waals surface area (Å²) in [6.45, 7) is 13.8. The van der Waals surface area contributed by atoms with Crippen LogP contribution in [0.5, 0.6) is 0 Å². The summed E-state index contributed by atoms with van der Waals surface area (Å²) in [6.07, 6.45) is 50.9. The first-order valence-corrected chi connectivity index (χ1v) is 28.7. The van der Waals surface area contributed by atoms with E-state index in [1.54, 1.807) is 0 Å². The van der Waals surface area contributed by atoms with Crippen LogP contribution in [0.4, 0.5) is 0 Å². The molecular weight excluding hydrogens is 793 g/mol. The molecule has 6 nitrogen and oxygen atoms in total. The van der Waals surface area contributed by atoms with Gasteiger partial charge in [-0.2, -0.15) is 0 Å². The number of carbonyl (C=O) groups is 3. The van der Waals surface area contributed by atoms with E-state index in [0.29, 0.717) is 19.3 Å². The third kappa shape index (κ3) is 46.9. The van der Waals surface area contributed by atoms with E-state index in [4.69, 9.17) is 14.2 Å². The minimum absolute atomic E-state index is 0.0648. The fourth-order valence-electron chi connectivity index (χ4n) is 8.73. The first-order valence-electron chi connectivity index (χ1n) is 28.7. The lowest BCUT2D eigenvalue weighted by Gasteiger charge is -2.18. The van der Waals surface area contributed by atoms with Gasteiger partial charge < -0.3 is 14.2 Å². The Hall–Kier alpha value is -1.59. The fraction of sp³-hybridized carbons (Fsp3) is 0.948. The highest BCUT2D eigenvalue weighted by molar-refractivity contribution is 5.71. The Morgan fingerprint density at radius 1 is 0.297 bits per heavy atom. The zero-order valence-corrected chi connectivity index (χ0v) is 44.1. The first-order chi connectivity index (χ1) is 31.2. The Labute approximate surface area is 399 Å². The Morgan fingerprint density at radius 3 is 0.734 bits per heavy atom. The molecule has 64 heavy (non-hydrogen) atoms. The second kappa shape index (κ2) is 49.3. The number of unbranched alkanes of at least 4 members (excludes halogenated alkanes) is 31. The normalized spacial score (nSPS) is 13.4. The fourth-order valence-corrected chi connectivity index (χ4v) is 8.73. The highest BCUT2D eigenvalue weighted by Gasteiger charge is 2.19. The molecule has 0 spiro atoms. The number of rotatable bonds is 51. The molecule has 4 atom stereocenters. The summed E-state index contributed by atoms with van der Waals surface area (Å²) in [7, 11) is 0.